The summed E-state index contributed by atoms with van der Waals surface area (Å²) >= 11 is 0. The number of benzene rings is 2. The summed E-state index contributed by atoms with van der Waals surface area (Å²) in [6.07, 6.45) is 1.57. The van der Waals surface area contributed by atoms with Crippen molar-refractivity contribution in [3.8, 4) is 0 Å². The van der Waals surface area contributed by atoms with Gasteiger partial charge in [0, 0.05) is 12.2 Å². The second-order valence-corrected chi connectivity index (χ2v) is 4.53. The van der Waals surface area contributed by atoms with Crippen molar-refractivity contribution in [2.45, 2.75) is 13.0 Å². The van der Waals surface area contributed by atoms with Crippen LogP contribution in [0.4, 0.5) is 5.69 Å². The zero-order chi connectivity index (χ0) is 13.5. The SMILES string of the molecule is CC(O)/C(=C\c1ccccc1)CNc1ccccc1. The van der Waals surface area contributed by atoms with Crippen molar-refractivity contribution in [1.82, 2.24) is 0 Å². The number of nitrogens with one attached hydrogen (secondary N) is 1. The van der Waals surface area contributed by atoms with Crippen LogP contribution in [0.15, 0.2) is 66.2 Å². The minimum absolute atomic E-state index is 0.462. The molecule has 98 valence electrons. The molecule has 1 atom stereocenters. The summed E-state index contributed by atoms with van der Waals surface area (Å²) in [7, 11) is 0. The summed E-state index contributed by atoms with van der Waals surface area (Å²) in [5.41, 5.74) is 3.13. The summed E-state index contributed by atoms with van der Waals surface area (Å²) in [4.78, 5) is 0. The molecular weight excluding hydrogens is 234 g/mol. The minimum Gasteiger partial charge on any atom is -0.389 e. The topological polar surface area (TPSA) is 32.3 Å². The first-order valence-electron chi connectivity index (χ1n) is 6.48. The average molecular weight is 253 g/mol. The van der Waals surface area contributed by atoms with Gasteiger partial charge in [0.2, 0.25) is 0 Å². The summed E-state index contributed by atoms with van der Waals surface area (Å²) in [6, 6.07) is 20.0. The van der Waals surface area contributed by atoms with E-state index in [2.05, 4.69) is 5.32 Å². The standard InChI is InChI=1S/C17H19NO/c1-14(19)16(12-15-8-4-2-5-9-15)13-18-17-10-6-3-7-11-17/h2-12,14,18-19H,13H2,1H3/b16-12-. The fourth-order valence-electron chi connectivity index (χ4n) is 1.84. The highest BCUT2D eigenvalue weighted by Gasteiger charge is 2.05. The smallest absolute Gasteiger partial charge is 0.0742 e. The highest BCUT2D eigenvalue weighted by Crippen LogP contribution is 2.12. The maximum Gasteiger partial charge on any atom is 0.0742 e. The molecule has 0 saturated carbocycles. The molecule has 19 heavy (non-hydrogen) atoms. The van der Waals surface area contributed by atoms with Gasteiger partial charge < -0.3 is 10.4 Å². The van der Waals surface area contributed by atoms with Gasteiger partial charge in [-0.25, -0.2) is 0 Å². The fraction of sp³-hybridized carbons (Fsp3) is 0.176. The molecule has 0 heterocycles. The Hall–Kier alpha value is -2.06. The van der Waals surface area contributed by atoms with Gasteiger partial charge in [0.15, 0.2) is 0 Å². The van der Waals surface area contributed by atoms with Gasteiger partial charge in [-0.05, 0) is 30.2 Å². The van der Waals surface area contributed by atoms with E-state index in [0.717, 1.165) is 16.8 Å². The van der Waals surface area contributed by atoms with Crippen LogP contribution in [-0.4, -0.2) is 17.8 Å². The second-order valence-electron chi connectivity index (χ2n) is 4.53. The van der Waals surface area contributed by atoms with Crippen LogP contribution >= 0.6 is 0 Å². The van der Waals surface area contributed by atoms with Gasteiger partial charge in [0.1, 0.15) is 0 Å². The van der Waals surface area contributed by atoms with Crippen LogP contribution in [0.1, 0.15) is 12.5 Å². The molecule has 2 heteroatoms. The molecular formula is C17H19NO. The molecule has 2 aromatic carbocycles. The van der Waals surface area contributed by atoms with Crippen molar-refractivity contribution in [2.24, 2.45) is 0 Å². The normalized spacial score (nSPS) is 13.1. The van der Waals surface area contributed by atoms with Crippen molar-refractivity contribution >= 4 is 11.8 Å². The molecule has 0 radical (unpaired) electrons. The lowest BCUT2D eigenvalue weighted by molar-refractivity contribution is 0.231. The number of para-hydroxylation sites is 1. The quantitative estimate of drug-likeness (QED) is 0.854. The molecule has 0 aromatic heterocycles. The Morgan fingerprint density at radius 3 is 2.21 bits per heavy atom. The molecule has 0 aliphatic rings. The Labute approximate surface area is 114 Å². The Balaban J connectivity index is 2.07. The number of aliphatic hydroxyl groups is 1. The Bertz CT molecular complexity index is 517. The summed E-state index contributed by atoms with van der Waals surface area (Å²) in [6.45, 7) is 2.43. The molecule has 0 aliphatic heterocycles. The van der Waals surface area contributed by atoms with E-state index in [0.29, 0.717) is 6.54 Å². The maximum absolute atomic E-state index is 9.84. The fourth-order valence-corrected chi connectivity index (χ4v) is 1.84. The number of aliphatic hydroxyl groups excluding tert-OH is 1. The van der Waals surface area contributed by atoms with E-state index in [1.54, 1.807) is 6.92 Å². The molecule has 1 unspecified atom stereocenters. The van der Waals surface area contributed by atoms with Crippen molar-refractivity contribution in [1.29, 1.82) is 0 Å². The molecule has 2 nitrogen and oxygen atoms in total. The highest BCUT2D eigenvalue weighted by atomic mass is 16.3. The van der Waals surface area contributed by atoms with Crippen LogP contribution in [0.2, 0.25) is 0 Å². The van der Waals surface area contributed by atoms with Crippen LogP contribution in [0, 0.1) is 0 Å². The number of rotatable bonds is 5. The van der Waals surface area contributed by atoms with E-state index in [-0.39, 0.29) is 0 Å². The van der Waals surface area contributed by atoms with Gasteiger partial charge in [-0.2, -0.15) is 0 Å². The molecule has 0 aliphatic carbocycles. The molecule has 0 fully saturated rings. The summed E-state index contributed by atoms with van der Waals surface area (Å²) < 4.78 is 0. The summed E-state index contributed by atoms with van der Waals surface area (Å²) in [5, 5.41) is 13.2. The van der Waals surface area contributed by atoms with Crippen LogP contribution < -0.4 is 5.32 Å². The molecule has 0 spiro atoms. The first-order chi connectivity index (χ1) is 9.25. The lowest BCUT2D eigenvalue weighted by atomic mass is 10.1. The predicted octanol–water partition coefficient (Wildman–Crippen LogP) is 3.56. The maximum atomic E-state index is 9.84. The molecule has 0 bridgehead atoms. The van der Waals surface area contributed by atoms with E-state index in [9.17, 15) is 5.11 Å². The lowest BCUT2D eigenvalue weighted by Crippen LogP contribution is -2.14. The third kappa shape index (κ3) is 4.27. The van der Waals surface area contributed by atoms with E-state index in [4.69, 9.17) is 0 Å². The van der Waals surface area contributed by atoms with Crippen molar-refractivity contribution < 1.29 is 5.11 Å². The first-order valence-corrected chi connectivity index (χ1v) is 6.48. The predicted molar refractivity (Wildman–Crippen MR) is 81.0 cm³/mol. The zero-order valence-electron chi connectivity index (χ0n) is 11.1. The second kappa shape index (κ2) is 6.76. The number of hydrogen-bond donors (Lipinski definition) is 2. The largest absolute Gasteiger partial charge is 0.389 e. The van der Waals surface area contributed by atoms with Gasteiger partial charge in [-0.3, -0.25) is 0 Å². The van der Waals surface area contributed by atoms with Crippen molar-refractivity contribution in [3.05, 3.63) is 71.8 Å². The van der Waals surface area contributed by atoms with E-state index >= 15 is 0 Å². The number of hydrogen-bond acceptors (Lipinski definition) is 2. The van der Waals surface area contributed by atoms with E-state index < -0.39 is 6.10 Å². The molecule has 0 saturated heterocycles. The van der Waals surface area contributed by atoms with Gasteiger partial charge >= 0.3 is 0 Å². The molecule has 2 aromatic rings. The number of anilines is 1. The molecule has 2 N–H and O–H groups in total. The zero-order valence-corrected chi connectivity index (χ0v) is 11.1. The van der Waals surface area contributed by atoms with Crippen LogP contribution in [0.3, 0.4) is 0 Å². The lowest BCUT2D eigenvalue weighted by Gasteiger charge is -2.13. The molecule has 0 amide bonds. The van der Waals surface area contributed by atoms with Gasteiger partial charge in [0.05, 0.1) is 6.10 Å². The van der Waals surface area contributed by atoms with Crippen molar-refractivity contribution in [3.63, 3.8) is 0 Å². The third-order valence-electron chi connectivity index (χ3n) is 2.96. The Kier molecular flexibility index (Phi) is 4.76. The highest BCUT2D eigenvalue weighted by molar-refractivity contribution is 5.55. The average Bonchev–Trinajstić information content (AvgIpc) is 2.45. The third-order valence-corrected chi connectivity index (χ3v) is 2.96. The molecule has 2 rings (SSSR count). The van der Waals surface area contributed by atoms with E-state index in [1.165, 1.54) is 0 Å². The first kappa shape index (κ1) is 13.4. The van der Waals surface area contributed by atoms with E-state index in [1.807, 2.05) is 66.7 Å². The van der Waals surface area contributed by atoms with Crippen LogP contribution in [-0.2, 0) is 0 Å². The van der Waals surface area contributed by atoms with Gasteiger partial charge in [-0.1, -0.05) is 54.6 Å². The van der Waals surface area contributed by atoms with Crippen molar-refractivity contribution in [2.75, 3.05) is 11.9 Å². The van der Waals surface area contributed by atoms with Gasteiger partial charge in [0.25, 0.3) is 0 Å². The Morgan fingerprint density at radius 1 is 1.05 bits per heavy atom. The monoisotopic (exact) mass is 253 g/mol. The van der Waals surface area contributed by atoms with Crippen LogP contribution in [0.5, 0.6) is 0 Å². The summed E-state index contributed by atoms with van der Waals surface area (Å²) in [5.74, 6) is 0. The van der Waals surface area contributed by atoms with Gasteiger partial charge in [-0.15, -0.1) is 0 Å². The minimum atomic E-state index is -0.462. The Morgan fingerprint density at radius 2 is 1.63 bits per heavy atom. The van der Waals surface area contributed by atoms with Crippen LogP contribution in [0.25, 0.3) is 6.08 Å².